The van der Waals surface area contributed by atoms with Crippen LogP contribution < -0.4 is 10.2 Å². The molecule has 1 aliphatic heterocycles. The first-order valence-corrected chi connectivity index (χ1v) is 11.9. The maximum atomic E-state index is 12.9. The number of benzene rings is 1. The summed E-state index contributed by atoms with van der Waals surface area (Å²) in [5.74, 6) is 0.692. The molecular weight excluding hydrogens is 424 g/mol. The Kier molecular flexibility index (Phi) is 8.91. The van der Waals surface area contributed by atoms with Crippen LogP contribution in [0, 0.1) is 0 Å². The summed E-state index contributed by atoms with van der Waals surface area (Å²) in [6, 6.07) is 11.2. The number of unbranched alkanes of at least 4 members (excludes halogenated alkanes) is 3. The minimum Gasteiger partial charge on any atom is -0.353 e. The highest BCUT2D eigenvalue weighted by atomic mass is 35.5. The summed E-state index contributed by atoms with van der Waals surface area (Å²) in [6.45, 7) is 7.55. The summed E-state index contributed by atoms with van der Waals surface area (Å²) in [5.41, 5.74) is 1.55. The van der Waals surface area contributed by atoms with Gasteiger partial charge in [0.05, 0.1) is 11.5 Å². The van der Waals surface area contributed by atoms with Gasteiger partial charge in [0.2, 0.25) is 5.91 Å². The predicted octanol–water partition coefficient (Wildman–Crippen LogP) is 4.50. The van der Waals surface area contributed by atoms with Gasteiger partial charge in [-0.2, -0.15) is 0 Å². The van der Waals surface area contributed by atoms with Crippen molar-refractivity contribution in [3.63, 3.8) is 0 Å². The van der Waals surface area contributed by atoms with Gasteiger partial charge in [-0.05, 0) is 43.2 Å². The molecule has 1 aromatic carbocycles. The number of halogens is 1. The third kappa shape index (κ3) is 6.45. The Morgan fingerprint density at radius 1 is 1.03 bits per heavy atom. The summed E-state index contributed by atoms with van der Waals surface area (Å²) < 4.78 is 0. The van der Waals surface area contributed by atoms with E-state index in [9.17, 15) is 9.59 Å². The summed E-state index contributed by atoms with van der Waals surface area (Å²) in [5, 5.41) is 3.63. The smallest absolute Gasteiger partial charge is 0.252 e. The van der Waals surface area contributed by atoms with Crippen LogP contribution in [0.3, 0.4) is 0 Å². The third-order valence-electron chi connectivity index (χ3n) is 5.98. The second-order valence-corrected chi connectivity index (χ2v) is 8.74. The van der Waals surface area contributed by atoms with Crippen LogP contribution in [0.25, 0.3) is 0 Å². The highest BCUT2D eigenvalue weighted by Gasteiger charge is 2.26. The van der Waals surface area contributed by atoms with Crippen molar-refractivity contribution in [3.8, 4) is 0 Å². The SMILES string of the molecule is CCCCCCNC(=O)c1ccc(N2CCN(C(=O)C(C)c3ccc(Cl)cc3)CC2)nc1. The number of pyridine rings is 1. The molecule has 1 aromatic heterocycles. The number of hydrogen-bond acceptors (Lipinski definition) is 4. The van der Waals surface area contributed by atoms with Crippen molar-refractivity contribution in [1.82, 2.24) is 15.2 Å². The number of aromatic nitrogens is 1. The Hall–Kier alpha value is -2.60. The zero-order valence-electron chi connectivity index (χ0n) is 19.0. The van der Waals surface area contributed by atoms with E-state index in [-0.39, 0.29) is 17.7 Å². The van der Waals surface area contributed by atoms with Gasteiger partial charge in [-0.1, -0.05) is 49.9 Å². The zero-order chi connectivity index (χ0) is 22.9. The molecule has 172 valence electrons. The lowest BCUT2D eigenvalue weighted by atomic mass is 9.99. The number of carbonyl (C=O) groups excluding carboxylic acids is 2. The third-order valence-corrected chi connectivity index (χ3v) is 6.23. The minimum atomic E-state index is -0.197. The Morgan fingerprint density at radius 3 is 2.38 bits per heavy atom. The number of amides is 2. The highest BCUT2D eigenvalue weighted by molar-refractivity contribution is 6.30. The Balaban J connectivity index is 1.47. The minimum absolute atomic E-state index is 0.0767. The van der Waals surface area contributed by atoms with E-state index in [0.29, 0.717) is 30.2 Å². The van der Waals surface area contributed by atoms with Gasteiger partial charge < -0.3 is 15.1 Å². The van der Waals surface area contributed by atoms with Gasteiger partial charge in [0.25, 0.3) is 5.91 Å². The van der Waals surface area contributed by atoms with Crippen LogP contribution in [-0.2, 0) is 4.79 Å². The number of rotatable bonds is 9. The van der Waals surface area contributed by atoms with Gasteiger partial charge in [0, 0.05) is 43.9 Å². The fourth-order valence-corrected chi connectivity index (χ4v) is 4.01. The predicted molar refractivity (Wildman–Crippen MR) is 129 cm³/mol. The van der Waals surface area contributed by atoms with Crippen molar-refractivity contribution in [2.45, 2.75) is 45.4 Å². The Bertz CT molecular complexity index is 878. The van der Waals surface area contributed by atoms with Gasteiger partial charge in [-0.25, -0.2) is 4.98 Å². The van der Waals surface area contributed by atoms with Gasteiger partial charge >= 0.3 is 0 Å². The first kappa shape index (κ1) is 24.1. The maximum absolute atomic E-state index is 12.9. The summed E-state index contributed by atoms with van der Waals surface area (Å²) >= 11 is 5.96. The fourth-order valence-electron chi connectivity index (χ4n) is 3.89. The second-order valence-electron chi connectivity index (χ2n) is 8.31. The lowest BCUT2D eigenvalue weighted by molar-refractivity contribution is -0.132. The van der Waals surface area contributed by atoms with Gasteiger partial charge in [-0.3, -0.25) is 9.59 Å². The summed E-state index contributed by atoms with van der Waals surface area (Å²) in [7, 11) is 0. The van der Waals surface area contributed by atoms with Crippen molar-refractivity contribution < 1.29 is 9.59 Å². The molecule has 7 heteroatoms. The quantitative estimate of drug-likeness (QED) is 0.564. The van der Waals surface area contributed by atoms with Crippen LogP contribution in [-0.4, -0.2) is 54.4 Å². The first-order chi connectivity index (χ1) is 15.5. The van der Waals surface area contributed by atoms with Crippen LogP contribution in [0.5, 0.6) is 0 Å². The molecule has 2 heterocycles. The van der Waals surface area contributed by atoms with Gasteiger partial charge in [-0.15, -0.1) is 0 Å². The molecule has 0 radical (unpaired) electrons. The number of nitrogens with zero attached hydrogens (tertiary/aromatic N) is 3. The number of anilines is 1. The Labute approximate surface area is 196 Å². The summed E-state index contributed by atoms with van der Waals surface area (Å²) in [6.07, 6.45) is 6.16. The van der Waals surface area contributed by atoms with E-state index < -0.39 is 0 Å². The van der Waals surface area contributed by atoms with E-state index in [4.69, 9.17) is 11.6 Å². The van der Waals surface area contributed by atoms with Crippen molar-refractivity contribution in [3.05, 3.63) is 58.7 Å². The van der Waals surface area contributed by atoms with Crippen molar-refractivity contribution >= 4 is 29.2 Å². The molecule has 0 aliphatic carbocycles. The largest absolute Gasteiger partial charge is 0.353 e. The van der Waals surface area contributed by atoms with E-state index in [1.54, 1.807) is 6.20 Å². The molecule has 3 rings (SSSR count). The molecule has 1 aliphatic rings. The van der Waals surface area contributed by atoms with Crippen LogP contribution in [0.1, 0.15) is 61.4 Å². The molecule has 32 heavy (non-hydrogen) atoms. The molecule has 0 bridgehead atoms. The van der Waals surface area contributed by atoms with Crippen LogP contribution in [0.15, 0.2) is 42.6 Å². The topological polar surface area (TPSA) is 65.5 Å². The first-order valence-electron chi connectivity index (χ1n) is 11.5. The van der Waals surface area contributed by atoms with Crippen LogP contribution in [0.4, 0.5) is 5.82 Å². The molecule has 1 atom stereocenters. The molecule has 2 amide bonds. The van der Waals surface area contributed by atoms with Crippen LogP contribution >= 0.6 is 11.6 Å². The van der Waals surface area contributed by atoms with Crippen molar-refractivity contribution in [1.29, 1.82) is 0 Å². The van der Waals surface area contributed by atoms with E-state index in [2.05, 4.69) is 22.1 Å². The maximum Gasteiger partial charge on any atom is 0.252 e. The number of nitrogens with one attached hydrogen (secondary N) is 1. The summed E-state index contributed by atoms with van der Waals surface area (Å²) in [4.78, 5) is 33.7. The number of hydrogen-bond donors (Lipinski definition) is 1. The van der Waals surface area contributed by atoms with Gasteiger partial charge in [0.15, 0.2) is 0 Å². The lowest BCUT2D eigenvalue weighted by Crippen LogP contribution is -2.50. The zero-order valence-corrected chi connectivity index (χ0v) is 19.8. The molecule has 1 N–H and O–H groups in total. The van der Waals surface area contributed by atoms with E-state index >= 15 is 0 Å². The molecule has 2 aromatic rings. The fraction of sp³-hybridized carbons (Fsp3) is 0.480. The average Bonchev–Trinajstić information content (AvgIpc) is 2.83. The second kappa shape index (κ2) is 11.9. The van der Waals surface area contributed by atoms with Crippen molar-refractivity contribution in [2.24, 2.45) is 0 Å². The molecule has 1 saturated heterocycles. The van der Waals surface area contributed by atoms with E-state index in [0.717, 1.165) is 37.3 Å². The van der Waals surface area contributed by atoms with Crippen molar-refractivity contribution in [2.75, 3.05) is 37.6 Å². The lowest BCUT2D eigenvalue weighted by Gasteiger charge is -2.36. The monoisotopic (exact) mass is 456 g/mol. The molecule has 1 unspecified atom stereocenters. The molecule has 6 nitrogen and oxygen atoms in total. The normalized spacial score (nSPS) is 14.8. The number of carbonyl (C=O) groups is 2. The average molecular weight is 457 g/mol. The molecule has 1 fully saturated rings. The molecule has 0 spiro atoms. The molecule has 0 saturated carbocycles. The molecular formula is C25H33ClN4O2. The standard InChI is InChI=1S/C25H33ClN4O2/c1-3-4-5-6-13-27-24(31)21-9-12-23(28-18-21)29-14-16-30(17-15-29)25(32)19(2)20-7-10-22(26)11-8-20/h7-12,18-19H,3-6,13-17H2,1-2H3,(H,27,31). The Morgan fingerprint density at radius 2 is 1.75 bits per heavy atom. The van der Waals surface area contributed by atoms with Gasteiger partial charge in [0.1, 0.15) is 5.82 Å². The number of piperazine rings is 1. The highest BCUT2D eigenvalue weighted by Crippen LogP contribution is 2.22. The van der Waals surface area contributed by atoms with Crippen LogP contribution in [0.2, 0.25) is 5.02 Å². The van der Waals surface area contributed by atoms with E-state index in [1.807, 2.05) is 48.2 Å². The van der Waals surface area contributed by atoms with E-state index in [1.165, 1.54) is 12.8 Å².